The number of nitrogens with zero attached hydrogens (tertiary/aromatic N) is 1. The lowest BCUT2D eigenvalue weighted by atomic mass is 9.86. The Labute approximate surface area is 156 Å². The van der Waals surface area contributed by atoms with Gasteiger partial charge in [-0.3, -0.25) is 4.79 Å². The Balaban J connectivity index is 1.81. The molecule has 2 rings (SSSR count). The molecule has 0 aliphatic heterocycles. The Morgan fingerprint density at radius 2 is 1.92 bits per heavy atom. The molecule has 1 aliphatic rings. The van der Waals surface area contributed by atoms with Crippen LogP contribution in [0.3, 0.4) is 0 Å². The number of nitriles is 1. The number of carbonyl (C=O) groups excluding carboxylic acids is 1. The number of rotatable bonds is 10. The van der Waals surface area contributed by atoms with Crippen molar-refractivity contribution >= 4 is 22.2 Å². The molecule has 4 heteroatoms. The van der Waals surface area contributed by atoms with E-state index in [0.29, 0.717) is 6.42 Å². The zero-order valence-corrected chi connectivity index (χ0v) is 16.6. The monoisotopic (exact) mass is 360 g/mol. The van der Waals surface area contributed by atoms with Crippen LogP contribution in [0.15, 0.2) is 0 Å². The van der Waals surface area contributed by atoms with Crippen LogP contribution >= 0.6 is 11.3 Å². The van der Waals surface area contributed by atoms with Crippen molar-refractivity contribution < 1.29 is 4.79 Å². The Kier molecular flexibility index (Phi) is 8.48. The first-order valence-electron chi connectivity index (χ1n) is 10.0. The van der Waals surface area contributed by atoms with Crippen molar-refractivity contribution in [2.75, 3.05) is 5.32 Å². The molecule has 0 fully saturated rings. The van der Waals surface area contributed by atoms with Gasteiger partial charge in [0.25, 0.3) is 0 Å². The number of thiophene rings is 1. The number of hydrogen-bond donors (Lipinski definition) is 1. The van der Waals surface area contributed by atoms with Crippen LogP contribution < -0.4 is 5.32 Å². The van der Waals surface area contributed by atoms with E-state index >= 15 is 0 Å². The predicted molar refractivity (Wildman–Crippen MR) is 106 cm³/mol. The number of carbonyl (C=O) groups is 1. The Bertz CT molecular complexity index is 600. The average molecular weight is 361 g/mol. The molecule has 3 nitrogen and oxygen atoms in total. The molecule has 1 amide bonds. The fourth-order valence-corrected chi connectivity index (χ4v) is 4.97. The first kappa shape index (κ1) is 20.0. The second-order valence-electron chi connectivity index (χ2n) is 7.26. The van der Waals surface area contributed by atoms with E-state index < -0.39 is 0 Å². The van der Waals surface area contributed by atoms with E-state index in [4.69, 9.17) is 0 Å². The SMILES string of the molecule is CCCCCCCCCC(=O)Nc1sc2c(c1C#N)CCC(CC)C2. The molecule has 0 radical (unpaired) electrons. The van der Waals surface area contributed by atoms with E-state index in [9.17, 15) is 10.1 Å². The smallest absolute Gasteiger partial charge is 0.225 e. The number of amides is 1. The van der Waals surface area contributed by atoms with Gasteiger partial charge >= 0.3 is 0 Å². The molecule has 1 atom stereocenters. The van der Waals surface area contributed by atoms with Gasteiger partial charge in [0.15, 0.2) is 0 Å². The Morgan fingerprint density at radius 3 is 2.60 bits per heavy atom. The molecule has 1 heterocycles. The van der Waals surface area contributed by atoms with Crippen LogP contribution in [0.1, 0.15) is 94.1 Å². The summed E-state index contributed by atoms with van der Waals surface area (Å²) in [5, 5.41) is 13.3. The van der Waals surface area contributed by atoms with Crippen LogP contribution in [-0.4, -0.2) is 5.91 Å². The summed E-state index contributed by atoms with van der Waals surface area (Å²) in [5.74, 6) is 0.796. The number of fused-ring (bicyclic) bond motifs is 1. The summed E-state index contributed by atoms with van der Waals surface area (Å²) in [6.07, 6.45) is 13.5. The number of unbranched alkanes of at least 4 members (excludes halogenated alkanes) is 6. The van der Waals surface area contributed by atoms with Crippen LogP contribution in [-0.2, 0) is 17.6 Å². The average Bonchev–Trinajstić information content (AvgIpc) is 2.96. The van der Waals surface area contributed by atoms with Gasteiger partial charge in [0, 0.05) is 11.3 Å². The zero-order chi connectivity index (χ0) is 18.1. The molecular formula is C21H32N2OS. The van der Waals surface area contributed by atoms with E-state index in [1.165, 1.54) is 55.4 Å². The fraction of sp³-hybridized carbons (Fsp3) is 0.714. The number of hydrogen-bond acceptors (Lipinski definition) is 3. The highest BCUT2D eigenvalue weighted by molar-refractivity contribution is 7.16. The van der Waals surface area contributed by atoms with Gasteiger partial charge in [-0.1, -0.05) is 58.8 Å². The van der Waals surface area contributed by atoms with Crippen LogP contribution in [0.2, 0.25) is 0 Å². The normalized spacial score (nSPS) is 16.3. The van der Waals surface area contributed by atoms with Crippen LogP contribution in [0.25, 0.3) is 0 Å². The molecule has 1 aromatic rings. The molecule has 0 aromatic carbocycles. The second-order valence-corrected chi connectivity index (χ2v) is 8.36. The van der Waals surface area contributed by atoms with E-state index in [-0.39, 0.29) is 5.91 Å². The van der Waals surface area contributed by atoms with Crippen LogP contribution in [0.4, 0.5) is 5.00 Å². The summed E-state index contributed by atoms with van der Waals surface area (Å²) in [6.45, 7) is 4.46. The lowest BCUT2D eigenvalue weighted by Gasteiger charge is -2.20. The lowest BCUT2D eigenvalue weighted by molar-refractivity contribution is -0.116. The van der Waals surface area contributed by atoms with Gasteiger partial charge < -0.3 is 5.32 Å². The van der Waals surface area contributed by atoms with Crippen molar-refractivity contribution in [3.05, 3.63) is 16.0 Å². The molecule has 0 bridgehead atoms. The van der Waals surface area contributed by atoms with Crippen molar-refractivity contribution in [2.45, 2.75) is 90.9 Å². The third kappa shape index (κ3) is 5.85. The van der Waals surface area contributed by atoms with Gasteiger partial charge in [0.05, 0.1) is 5.56 Å². The number of nitrogens with one attached hydrogen (secondary N) is 1. The topological polar surface area (TPSA) is 52.9 Å². The van der Waals surface area contributed by atoms with E-state index in [1.54, 1.807) is 11.3 Å². The molecule has 1 aliphatic carbocycles. The van der Waals surface area contributed by atoms with Gasteiger partial charge in [-0.15, -0.1) is 11.3 Å². The largest absolute Gasteiger partial charge is 0.317 e. The third-order valence-electron chi connectivity index (χ3n) is 5.32. The van der Waals surface area contributed by atoms with Crippen molar-refractivity contribution in [3.63, 3.8) is 0 Å². The van der Waals surface area contributed by atoms with Crippen molar-refractivity contribution in [2.24, 2.45) is 5.92 Å². The van der Waals surface area contributed by atoms with Crippen molar-refractivity contribution in [1.82, 2.24) is 0 Å². The molecule has 1 aromatic heterocycles. The first-order valence-corrected chi connectivity index (χ1v) is 10.9. The standard InChI is InChI=1S/C21H32N2OS/c1-3-5-6-7-8-9-10-11-20(24)23-21-18(15-22)17-13-12-16(4-2)14-19(17)25-21/h16H,3-14H2,1-2H3,(H,23,24). The quantitative estimate of drug-likeness (QED) is 0.504. The van der Waals surface area contributed by atoms with Gasteiger partial charge in [-0.05, 0) is 37.2 Å². The van der Waals surface area contributed by atoms with Crippen LogP contribution in [0, 0.1) is 17.2 Å². The highest BCUT2D eigenvalue weighted by Gasteiger charge is 2.25. The maximum atomic E-state index is 12.2. The third-order valence-corrected chi connectivity index (χ3v) is 6.49. The van der Waals surface area contributed by atoms with E-state index in [0.717, 1.165) is 42.2 Å². The fourth-order valence-electron chi connectivity index (χ4n) is 3.64. The molecule has 138 valence electrons. The Morgan fingerprint density at radius 1 is 1.20 bits per heavy atom. The highest BCUT2D eigenvalue weighted by Crippen LogP contribution is 2.40. The van der Waals surface area contributed by atoms with E-state index in [1.807, 2.05) is 0 Å². The van der Waals surface area contributed by atoms with Gasteiger partial charge in [-0.25, -0.2) is 0 Å². The highest BCUT2D eigenvalue weighted by atomic mass is 32.1. The summed E-state index contributed by atoms with van der Waals surface area (Å²) >= 11 is 1.63. The summed E-state index contributed by atoms with van der Waals surface area (Å²) in [5.41, 5.74) is 1.92. The second kappa shape index (κ2) is 10.6. The summed E-state index contributed by atoms with van der Waals surface area (Å²) in [7, 11) is 0. The van der Waals surface area contributed by atoms with Gasteiger partial charge in [-0.2, -0.15) is 5.26 Å². The summed E-state index contributed by atoms with van der Waals surface area (Å²) in [4.78, 5) is 13.6. The first-order chi connectivity index (χ1) is 12.2. The molecule has 25 heavy (non-hydrogen) atoms. The lowest BCUT2D eigenvalue weighted by Crippen LogP contribution is -2.12. The Hall–Kier alpha value is -1.34. The maximum absolute atomic E-state index is 12.2. The van der Waals surface area contributed by atoms with Crippen molar-refractivity contribution in [1.29, 1.82) is 5.26 Å². The summed E-state index contributed by atoms with van der Waals surface area (Å²) in [6, 6.07) is 2.33. The van der Waals surface area contributed by atoms with Crippen molar-refractivity contribution in [3.8, 4) is 6.07 Å². The maximum Gasteiger partial charge on any atom is 0.225 e. The minimum absolute atomic E-state index is 0.0655. The molecule has 0 saturated heterocycles. The molecular weight excluding hydrogens is 328 g/mol. The predicted octanol–water partition coefficient (Wildman–Crippen LogP) is 6.21. The molecule has 0 saturated carbocycles. The minimum atomic E-state index is 0.0655. The number of anilines is 1. The molecule has 0 spiro atoms. The van der Waals surface area contributed by atoms with Gasteiger partial charge in [0.2, 0.25) is 5.91 Å². The van der Waals surface area contributed by atoms with Gasteiger partial charge in [0.1, 0.15) is 11.1 Å². The molecule has 1 unspecified atom stereocenters. The zero-order valence-electron chi connectivity index (χ0n) is 15.8. The molecule has 1 N–H and O–H groups in total. The van der Waals surface area contributed by atoms with E-state index in [2.05, 4.69) is 25.2 Å². The van der Waals surface area contributed by atoms with Crippen LogP contribution in [0.5, 0.6) is 0 Å². The minimum Gasteiger partial charge on any atom is -0.317 e. The summed E-state index contributed by atoms with van der Waals surface area (Å²) < 4.78 is 0.